The molecule has 0 radical (unpaired) electrons. The molecule has 2 aromatic rings. The van der Waals surface area contributed by atoms with Crippen LogP contribution in [0.1, 0.15) is 12.0 Å². The average molecular weight is 461 g/mol. The van der Waals surface area contributed by atoms with Crippen molar-refractivity contribution in [3.63, 3.8) is 0 Å². The molecule has 174 valence electrons. The first-order valence-electron chi connectivity index (χ1n) is 10.1. The van der Waals surface area contributed by atoms with Crippen molar-refractivity contribution >= 4 is 29.1 Å². The lowest BCUT2D eigenvalue weighted by Gasteiger charge is -2.17. The molecular formula is C23H22F3N3O4. The first kappa shape index (κ1) is 23.8. The number of ether oxygens (including phenoxy) is 1. The zero-order valence-electron chi connectivity index (χ0n) is 17.5. The smallest absolute Gasteiger partial charge is 0.416 e. The number of anilines is 2. The van der Waals surface area contributed by atoms with E-state index in [9.17, 15) is 27.6 Å². The summed E-state index contributed by atoms with van der Waals surface area (Å²) in [6.07, 6.45) is -2.84. The number of amides is 3. The highest BCUT2D eigenvalue weighted by Gasteiger charge is 2.35. The van der Waals surface area contributed by atoms with Gasteiger partial charge in [-0.25, -0.2) is 0 Å². The van der Waals surface area contributed by atoms with Crippen LogP contribution in [-0.4, -0.2) is 37.4 Å². The van der Waals surface area contributed by atoms with E-state index in [1.54, 1.807) is 30.3 Å². The highest BCUT2D eigenvalue weighted by Crippen LogP contribution is 2.31. The molecule has 1 atom stereocenters. The average Bonchev–Trinajstić information content (AvgIpc) is 3.17. The number of carbonyl (C=O) groups is 3. The molecule has 1 heterocycles. The molecule has 3 amide bonds. The number of hydrogen-bond donors (Lipinski definition) is 2. The third kappa shape index (κ3) is 6.34. The molecule has 0 saturated carbocycles. The van der Waals surface area contributed by atoms with Crippen LogP contribution in [0, 0.1) is 5.92 Å². The van der Waals surface area contributed by atoms with Gasteiger partial charge in [0.15, 0.2) is 6.61 Å². The fraction of sp³-hybridized carbons (Fsp3) is 0.261. The molecule has 1 saturated heterocycles. The Hall–Kier alpha value is -3.82. The second-order valence-electron chi connectivity index (χ2n) is 7.35. The number of alkyl halides is 3. The van der Waals surface area contributed by atoms with E-state index in [1.807, 2.05) is 0 Å². The molecule has 1 fully saturated rings. The van der Waals surface area contributed by atoms with Gasteiger partial charge in [0.25, 0.3) is 5.91 Å². The van der Waals surface area contributed by atoms with Gasteiger partial charge in [0.05, 0.1) is 11.5 Å². The summed E-state index contributed by atoms with van der Waals surface area (Å²) in [5.41, 5.74) is -0.276. The van der Waals surface area contributed by atoms with Crippen LogP contribution < -0.4 is 20.3 Å². The molecule has 0 spiro atoms. The number of nitrogens with one attached hydrogen (secondary N) is 2. The Balaban J connectivity index is 1.53. The van der Waals surface area contributed by atoms with Gasteiger partial charge in [-0.2, -0.15) is 13.2 Å². The van der Waals surface area contributed by atoms with Gasteiger partial charge < -0.3 is 20.3 Å². The monoisotopic (exact) mass is 461 g/mol. The minimum atomic E-state index is -4.51. The van der Waals surface area contributed by atoms with Crippen molar-refractivity contribution < 1.29 is 32.3 Å². The van der Waals surface area contributed by atoms with E-state index in [4.69, 9.17) is 4.74 Å². The molecule has 0 aromatic heterocycles. The topological polar surface area (TPSA) is 87.7 Å². The molecule has 1 unspecified atom stereocenters. The Kier molecular flexibility index (Phi) is 7.37. The highest BCUT2D eigenvalue weighted by atomic mass is 19.4. The van der Waals surface area contributed by atoms with Crippen molar-refractivity contribution in [1.82, 2.24) is 5.32 Å². The zero-order chi connectivity index (χ0) is 24.0. The number of benzene rings is 2. The summed E-state index contributed by atoms with van der Waals surface area (Å²) in [5, 5.41) is 5.04. The lowest BCUT2D eigenvalue weighted by molar-refractivity contribution is -0.137. The molecule has 0 aliphatic carbocycles. The van der Waals surface area contributed by atoms with E-state index >= 15 is 0 Å². The van der Waals surface area contributed by atoms with Gasteiger partial charge in [-0.3, -0.25) is 14.4 Å². The van der Waals surface area contributed by atoms with E-state index in [0.29, 0.717) is 18.0 Å². The predicted molar refractivity (Wildman–Crippen MR) is 116 cm³/mol. The molecule has 2 aromatic carbocycles. The van der Waals surface area contributed by atoms with Crippen molar-refractivity contribution in [3.8, 4) is 5.75 Å². The maximum absolute atomic E-state index is 12.8. The minimum absolute atomic E-state index is 0.00741. The molecule has 1 aliphatic rings. The van der Waals surface area contributed by atoms with E-state index in [1.165, 1.54) is 17.0 Å². The third-order valence-electron chi connectivity index (χ3n) is 4.91. The van der Waals surface area contributed by atoms with Gasteiger partial charge in [0.1, 0.15) is 5.75 Å². The molecule has 10 heteroatoms. The van der Waals surface area contributed by atoms with Crippen molar-refractivity contribution in [1.29, 1.82) is 0 Å². The Labute approximate surface area is 188 Å². The Morgan fingerprint density at radius 2 is 1.91 bits per heavy atom. The Morgan fingerprint density at radius 1 is 1.18 bits per heavy atom. The highest BCUT2D eigenvalue weighted by molar-refractivity contribution is 6.00. The van der Waals surface area contributed by atoms with Gasteiger partial charge in [0, 0.05) is 30.9 Å². The van der Waals surface area contributed by atoms with Crippen molar-refractivity contribution in [2.45, 2.75) is 12.6 Å². The predicted octanol–water partition coefficient (Wildman–Crippen LogP) is 3.38. The Morgan fingerprint density at radius 3 is 2.58 bits per heavy atom. The van der Waals surface area contributed by atoms with Crippen LogP contribution in [0.15, 0.2) is 61.2 Å². The number of rotatable bonds is 8. The summed E-state index contributed by atoms with van der Waals surface area (Å²) < 4.78 is 43.7. The summed E-state index contributed by atoms with van der Waals surface area (Å²) in [6, 6.07) is 10.7. The largest absolute Gasteiger partial charge is 0.484 e. The number of nitrogens with zero attached hydrogens (tertiary/aromatic N) is 1. The molecular weight excluding hydrogens is 439 g/mol. The maximum Gasteiger partial charge on any atom is 0.416 e. The standard InChI is InChI=1S/C23H22F3N3O4/c1-2-10-27-22(32)15-11-21(31)29(13-15)18-6-8-19(9-7-18)33-14-20(30)28-17-5-3-4-16(12-17)23(24,25)26/h2-9,12,15H,1,10-11,13-14H2,(H,27,32)(H,28,30). The van der Waals surface area contributed by atoms with Crippen LogP contribution in [0.5, 0.6) is 5.75 Å². The molecule has 2 N–H and O–H groups in total. The SMILES string of the molecule is C=CCNC(=O)C1CC(=O)N(c2ccc(OCC(=O)Nc3cccc(C(F)(F)F)c3)cc2)C1. The molecule has 1 aliphatic heterocycles. The van der Waals surface area contributed by atoms with Gasteiger partial charge in [0.2, 0.25) is 11.8 Å². The lowest BCUT2D eigenvalue weighted by atomic mass is 10.1. The Bertz CT molecular complexity index is 1040. The summed E-state index contributed by atoms with van der Waals surface area (Å²) in [7, 11) is 0. The van der Waals surface area contributed by atoms with Gasteiger partial charge >= 0.3 is 6.18 Å². The molecule has 0 bridgehead atoms. The van der Waals surface area contributed by atoms with E-state index in [2.05, 4.69) is 17.2 Å². The molecule has 7 nitrogen and oxygen atoms in total. The lowest BCUT2D eigenvalue weighted by Crippen LogP contribution is -2.32. The second-order valence-corrected chi connectivity index (χ2v) is 7.35. The van der Waals surface area contributed by atoms with Gasteiger partial charge in [-0.15, -0.1) is 6.58 Å². The first-order chi connectivity index (χ1) is 15.7. The van der Waals surface area contributed by atoms with Crippen LogP contribution in [0.25, 0.3) is 0 Å². The fourth-order valence-corrected chi connectivity index (χ4v) is 3.29. The van der Waals surface area contributed by atoms with Crippen LogP contribution in [-0.2, 0) is 20.6 Å². The fourth-order valence-electron chi connectivity index (χ4n) is 3.29. The second kappa shape index (κ2) is 10.2. The van der Waals surface area contributed by atoms with Crippen molar-refractivity contribution in [3.05, 3.63) is 66.7 Å². The minimum Gasteiger partial charge on any atom is -0.484 e. The van der Waals surface area contributed by atoms with Crippen LogP contribution in [0.2, 0.25) is 0 Å². The maximum atomic E-state index is 12.8. The molecule has 3 rings (SSSR count). The molecule has 33 heavy (non-hydrogen) atoms. The number of halogens is 3. The van der Waals surface area contributed by atoms with Crippen LogP contribution in [0.3, 0.4) is 0 Å². The normalized spacial score (nSPS) is 15.8. The summed E-state index contributed by atoms with van der Waals surface area (Å²) in [4.78, 5) is 37.9. The summed E-state index contributed by atoms with van der Waals surface area (Å²) >= 11 is 0. The van der Waals surface area contributed by atoms with Crippen LogP contribution >= 0.6 is 0 Å². The first-order valence-corrected chi connectivity index (χ1v) is 10.1. The zero-order valence-corrected chi connectivity index (χ0v) is 17.5. The van der Waals surface area contributed by atoms with Crippen molar-refractivity contribution in [2.24, 2.45) is 5.92 Å². The van der Waals surface area contributed by atoms with E-state index in [-0.39, 0.29) is 30.5 Å². The van der Waals surface area contributed by atoms with E-state index in [0.717, 1.165) is 12.1 Å². The van der Waals surface area contributed by atoms with Gasteiger partial charge in [-0.1, -0.05) is 12.1 Å². The summed E-state index contributed by atoms with van der Waals surface area (Å²) in [5.74, 6) is -1.13. The number of hydrogen-bond acceptors (Lipinski definition) is 4. The van der Waals surface area contributed by atoms with Crippen LogP contribution in [0.4, 0.5) is 24.5 Å². The van der Waals surface area contributed by atoms with E-state index < -0.39 is 30.2 Å². The third-order valence-corrected chi connectivity index (χ3v) is 4.91. The quantitative estimate of drug-likeness (QED) is 0.590. The summed E-state index contributed by atoms with van der Waals surface area (Å²) in [6.45, 7) is 3.70. The van der Waals surface area contributed by atoms with Crippen molar-refractivity contribution in [2.75, 3.05) is 29.9 Å². The van der Waals surface area contributed by atoms with Gasteiger partial charge in [-0.05, 0) is 42.5 Å². The number of carbonyl (C=O) groups excluding carboxylic acids is 3.